The maximum absolute atomic E-state index is 13.1. The van der Waals surface area contributed by atoms with Gasteiger partial charge in [-0.15, -0.1) is 11.3 Å². The summed E-state index contributed by atoms with van der Waals surface area (Å²) in [6, 6.07) is 14.0. The Balaban J connectivity index is 1.90. The van der Waals surface area contributed by atoms with Crippen molar-refractivity contribution in [1.29, 1.82) is 0 Å². The van der Waals surface area contributed by atoms with E-state index < -0.39 is 0 Å². The summed E-state index contributed by atoms with van der Waals surface area (Å²) in [6.07, 6.45) is 0. The number of benzene rings is 2. The van der Waals surface area contributed by atoms with Crippen molar-refractivity contribution < 1.29 is 4.39 Å². The number of nitrogens with one attached hydrogen (secondary N) is 1. The fourth-order valence-corrected chi connectivity index (χ4v) is 3.67. The van der Waals surface area contributed by atoms with Crippen LogP contribution in [0, 0.1) is 12.7 Å². The third-order valence-electron chi connectivity index (χ3n) is 3.89. The van der Waals surface area contributed by atoms with E-state index in [1.54, 1.807) is 12.1 Å². The Morgan fingerprint density at radius 3 is 2.62 bits per heavy atom. The van der Waals surface area contributed by atoms with Gasteiger partial charge in [-0.05, 0) is 30.7 Å². The lowest BCUT2D eigenvalue weighted by atomic mass is 10.1. The van der Waals surface area contributed by atoms with Gasteiger partial charge in [0.05, 0.1) is 5.39 Å². The first-order valence-corrected chi connectivity index (χ1v) is 8.34. The highest BCUT2D eigenvalue weighted by atomic mass is 32.1. The normalized spacial score (nSPS) is 11.1. The number of hydrogen-bond acceptors (Lipinski definition) is 3. The van der Waals surface area contributed by atoms with Crippen LogP contribution >= 0.6 is 11.3 Å². The third kappa shape index (κ3) is 2.53. The van der Waals surface area contributed by atoms with Crippen molar-refractivity contribution in [2.24, 2.45) is 0 Å². The molecule has 0 fully saturated rings. The number of halogens is 1. The van der Waals surface area contributed by atoms with Gasteiger partial charge >= 0.3 is 0 Å². The van der Waals surface area contributed by atoms with E-state index in [1.807, 2.05) is 36.6 Å². The summed E-state index contributed by atoms with van der Waals surface area (Å²) in [4.78, 5) is 20.8. The van der Waals surface area contributed by atoms with Crippen molar-refractivity contribution in [1.82, 2.24) is 9.97 Å². The number of nitrogens with zero attached hydrogens (tertiary/aromatic N) is 1. The Morgan fingerprint density at radius 1 is 1.08 bits per heavy atom. The van der Waals surface area contributed by atoms with Crippen LogP contribution in [-0.2, 0) is 0 Å². The van der Waals surface area contributed by atoms with Crippen LogP contribution in [0.25, 0.3) is 32.7 Å². The lowest BCUT2D eigenvalue weighted by molar-refractivity contribution is 0.628. The average Bonchev–Trinajstić information content (AvgIpc) is 3.00. The SMILES string of the molecule is Cc1cccc(-c2nc3scc(-c4ccc(F)cc4)c3c(=O)[nH]2)c1. The number of hydrogen-bond donors (Lipinski definition) is 1. The molecule has 4 rings (SSSR count). The first kappa shape index (κ1) is 14.8. The maximum Gasteiger partial charge on any atom is 0.260 e. The smallest absolute Gasteiger partial charge is 0.260 e. The molecular formula is C19H13FN2OS. The Bertz CT molecular complexity index is 1100. The average molecular weight is 336 g/mol. The van der Waals surface area contributed by atoms with Crippen LogP contribution in [0.1, 0.15) is 5.56 Å². The number of thiophene rings is 1. The first-order valence-electron chi connectivity index (χ1n) is 7.46. The second kappa shape index (κ2) is 5.69. The molecule has 0 aliphatic rings. The highest BCUT2D eigenvalue weighted by Gasteiger charge is 2.13. The zero-order chi connectivity index (χ0) is 16.7. The quantitative estimate of drug-likeness (QED) is 0.573. The number of aromatic amines is 1. The van der Waals surface area contributed by atoms with Gasteiger partial charge in [-0.1, -0.05) is 35.9 Å². The minimum atomic E-state index is -0.299. The molecule has 0 saturated carbocycles. The summed E-state index contributed by atoms with van der Waals surface area (Å²) >= 11 is 1.42. The Morgan fingerprint density at radius 2 is 1.88 bits per heavy atom. The molecule has 0 amide bonds. The van der Waals surface area contributed by atoms with Gasteiger partial charge in [-0.3, -0.25) is 4.79 Å². The molecule has 0 bridgehead atoms. The number of rotatable bonds is 2. The van der Waals surface area contributed by atoms with Gasteiger partial charge in [-0.2, -0.15) is 0 Å². The molecule has 2 heterocycles. The predicted octanol–water partition coefficient (Wildman–Crippen LogP) is 4.77. The molecule has 2 aromatic carbocycles. The van der Waals surface area contributed by atoms with E-state index >= 15 is 0 Å². The molecule has 0 saturated heterocycles. The van der Waals surface area contributed by atoms with E-state index in [1.165, 1.54) is 23.5 Å². The summed E-state index contributed by atoms with van der Waals surface area (Å²) in [5.41, 5.74) is 3.38. The maximum atomic E-state index is 13.1. The molecule has 4 aromatic rings. The van der Waals surface area contributed by atoms with Gasteiger partial charge < -0.3 is 4.98 Å². The Kier molecular flexibility index (Phi) is 3.50. The molecule has 0 unspecified atom stereocenters. The highest BCUT2D eigenvalue weighted by molar-refractivity contribution is 7.17. The minimum absolute atomic E-state index is 0.183. The Labute approximate surface area is 141 Å². The van der Waals surface area contributed by atoms with Gasteiger partial charge in [0.1, 0.15) is 16.5 Å². The molecular weight excluding hydrogens is 323 g/mol. The van der Waals surface area contributed by atoms with Gasteiger partial charge in [0.15, 0.2) is 0 Å². The summed E-state index contributed by atoms with van der Waals surface area (Å²) in [7, 11) is 0. The Hall–Kier alpha value is -2.79. The van der Waals surface area contributed by atoms with Crippen molar-refractivity contribution in [2.45, 2.75) is 6.92 Å². The highest BCUT2D eigenvalue weighted by Crippen LogP contribution is 2.31. The lowest BCUT2D eigenvalue weighted by Crippen LogP contribution is -2.09. The minimum Gasteiger partial charge on any atom is -0.306 e. The fraction of sp³-hybridized carbons (Fsp3) is 0.0526. The molecule has 0 spiro atoms. The summed E-state index contributed by atoms with van der Waals surface area (Å²) in [5, 5.41) is 2.43. The monoisotopic (exact) mass is 336 g/mol. The van der Waals surface area contributed by atoms with E-state index in [2.05, 4.69) is 9.97 Å². The molecule has 0 radical (unpaired) electrons. The van der Waals surface area contributed by atoms with E-state index in [4.69, 9.17) is 0 Å². The molecule has 1 N–H and O–H groups in total. The van der Waals surface area contributed by atoms with Crippen LogP contribution in [-0.4, -0.2) is 9.97 Å². The summed E-state index contributed by atoms with van der Waals surface area (Å²) < 4.78 is 13.1. The predicted molar refractivity (Wildman–Crippen MR) is 95.8 cm³/mol. The van der Waals surface area contributed by atoms with Gasteiger partial charge in [-0.25, -0.2) is 9.37 Å². The van der Waals surface area contributed by atoms with E-state index in [9.17, 15) is 9.18 Å². The largest absolute Gasteiger partial charge is 0.306 e. The van der Waals surface area contributed by atoms with Crippen molar-refractivity contribution >= 4 is 21.6 Å². The van der Waals surface area contributed by atoms with Crippen molar-refractivity contribution in [3.8, 4) is 22.5 Å². The van der Waals surface area contributed by atoms with E-state index in [-0.39, 0.29) is 11.4 Å². The molecule has 0 atom stereocenters. The van der Waals surface area contributed by atoms with E-state index in [0.29, 0.717) is 16.0 Å². The van der Waals surface area contributed by atoms with Crippen LogP contribution in [0.4, 0.5) is 4.39 Å². The molecule has 118 valence electrons. The first-order chi connectivity index (χ1) is 11.6. The van der Waals surface area contributed by atoms with Crippen LogP contribution in [0.5, 0.6) is 0 Å². The topological polar surface area (TPSA) is 45.8 Å². The second-order valence-corrected chi connectivity index (χ2v) is 6.48. The zero-order valence-corrected chi connectivity index (χ0v) is 13.7. The second-order valence-electron chi connectivity index (χ2n) is 5.62. The van der Waals surface area contributed by atoms with Crippen LogP contribution < -0.4 is 5.56 Å². The fourth-order valence-electron chi connectivity index (χ4n) is 2.72. The van der Waals surface area contributed by atoms with Crippen molar-refractivity contribution in [3.05, 3.63) is 75.6 Å². The number of H-pyrrole nitrogens is 1. The van der Waals surface area contributed by atoms with E-state index in [0.717, 1.165) is 22.3 Å². The third-order valence-corrected chi connectivity index (χ3v) is 4.76. The number of fused-ring (bicyclic) bond motifs is 1. The summed E-state index contributed by atoms with van der Waals surface area (Å²) in [6.45, 7) is 2.00. The molecule has 5 heteroatoms. The van der Waals surface area contributed by atoms with Gasteiger partial charge in [0, 0.05) is 16.5 Å². The molecule has 3 nitrogen and oxygen atoms in total. The molecule has 2 aromatic heterocycles. The van der Waals surface area contributed by atoms with Crippen LogP contribution in [0.2, 0.25) is 0 Å². The lowest BCUT2D eigenvalue weighted by Gasteiger charge is -2.03. The van der Waals surface area contributed by atoms with Crippen molar-refractivity contribution in [3.63, 3.8) is 0 Å². The van der Waals surface area contributed by atoms with Gasteiger partial charge in [0.2, 0.25) is 0 Å². The standard InChI is InChI=1S/C19H13FN2OS/c1-11-3-2-4-13(9-11)17-21-18(23)16-15(10-24-19(16)22-17)12-5-7-14(20)8-6-12/h2-10H,1H3,(H,21,22,23). The van der Waals surface area contributed by atoms with Crippen LogP contribution in [0.3, 0.4) is 0 Å². The zero-order valence-electron chi connectivity index (χ0n) is 12.8. The molecule has 24 heavy (non-hydrogen) atoms. The summed E-state index contributed by atoms with van der Waals surface area (Å²) in [5.74, 6) is 0.260. The van der Waals surface area contributed by atoms with Gasteiger partial charge in [0.25, 0.3) is 5.56 Å². The van der Waals surface area contributed by atoms with Crippen molar-refractivity contribution in [2.75, 3.05) is 0 Å². The number of aryl methyl sites for hydroxylation is 1. The molecule has 0 aliphatic heterocycles. The number of aromatic nitrogens is 2. The van der Waals surface area contributed by atoms with Crippen LogP contribution in [0.15, 0.2) is 58.7 Å². The molecule has 0 aliphatic carbocycles.